The molecule has 2 atom stereocenters. The van der Waals surface area contributed by atoms with E-state index in [1.807, 2.05) is 13.8 Å². The van der Waals surface area contributed by atoms with E-state index in [9.17, 15) is 14.4 Å². The van der Waals surface area contributed by atoms with Gasteiger partial charge in [-0.15, -0.1) is 0 Å². The van der Waals surface area contributed by atoms with Gasteiger partial charge in [0.05, 0.1) is 5.41 Å². The highest BCUT2D eigenvalue weighted by molar-refractivity contribution is 5.94. The first-order valence-electron chi connectivity index (χ1n) is 9.80. The second-order valence-corrected chi connectivity index (χ2v) is 8.30. The Labute approximate surface area is 155 Å². The molecule has 1 heterocycles. The number of nitrogens with one attached hydrogen (secondary N) is 2. The van der Waals surface area contributed by atoms with E-state index in [1.165, 1.54) is 6.42 Å². The molecule has 0 bridgehead atoms. The summed E-state index contributed by atoms with van der Waals surface area (Å²) < 4.78 is 0. The van der Waals surface area contributed by atoms with E-state index in [0.717, 1.165) is 25.7 Å². The van der Waals surface area contributed by atoms with Crippen molar-refractivity contribution in [1.29, 1.82) is 0 Å². The zero-order valence-corrected chi connectivity index (χ0v) is 16.2. The summed E-state index contributed by atoms with van der Waals surface area (Å²) in [7, 11) is 1.61. The summed E-state index contributed by atoms with van der Waals surface area (Å²) in [5.74, 6) is -0.367. The number of hydrogen-bond acceptors (Lipinski definition) is 4. The van der Waals surface area contributed by atoms with Crippen LogP contribution in [-0.2, 0) is 14.4 Å². The fourth-order valence-corrected chi connectivity index (χ4v) is 4.87. The molecule has 1 aliphatic carbocycles. The topological polar surface area (TPSA) is 98.7 Å². The van der Waals surface area contributed by atoms with Crippen LogP contribution in [0.15, 0.2) is 0 Å². The van der Waals surface area contributed by atoms with Gasteiger partial charge >= 0.3 is 0 Å². The molecule has 0 aromatic heterocycles. The second kappa shape index (κ2) is 8.84. The zero-order valence-electron chi connectivity index (χ0n) is 16.2. The van der Waals surface area contributed by atoms with Crippen LogP contribution in [0.1, 0.15) is 65.2 Å². The number of hydroxylamine groups is 1. The minimum Gasteiger partial charge on any atom is -0.357 e. The molecule has 1 saturated carbocycles. The van der Waals surface area contributed by atoms with E-state index >= 15 is 0 Å². The molecule has 2 fully saturated rings. The maximum absolute atomic E-state index is 13.4. The predicted molar refractivity (Wildman–Crippen MR) is 97.2 cm³/mol. The van der Waals surface area contributed by atoms with Gasteiger partial charge in [0, 0.05) is 20.0 Å². The number of amides is 3. The third-order valence-electron chi connectivity index (χ3n) is 5.92. The minimum atomic E-state index is -0.831. The van der Waals surface area contributed by atoms with Gasteiger partial charge in [0.1, 0.15) is 6.04 Å². The largest absolute Gasteiger partial charge is 0.357 e. The van der Waals surface area contributed by atoms with E-state index in [2.05, 4.69) is 5.32 Å². The van der Waals surface area contributed by atoms with Crippen LogP contribution in [0.3, 0.4) is 0 Å². The van der Waals surface area contributed by atoms with Gasteiger partial charge in [-0.1, -0.05) is 33.1 Å². The van der Waals surface area contributed by atoms with E-state index in [4.69, 9.17) is 5.21 Å². The van der Waals surface area contributed by atoms with Crippen LogP contribution >= 0.6 is 0 Å². The van der Waals surface area contributed by atoms with Gasteiger partial charge in [-0.25, -0.2) is 5.48 Å². The van der Waals surface area contributed by atoms with Crippen molar-refractivity contribution in [2.45, 2.75) is 71.3 Å². The number of rotatable bonds is 7. The number of carbonyl (C=O) groups is 3. The molecule has 0 aromatic carbocycles. The van der Waals surface area contributed by atoms with Gasteiger partial charge in [0.2, 0.25) is 17.7 Å². The quantitative estimate of drug-likeness (QED) is 0.472. The maximum Gasteiger partial charge on any atom is 0.244 e. The molecular formula is C19H33N3O4. The van der Waals surface area contributed by atoms with Crippen molar-refractivity contribution in [3.8, 4) is 0 Å². The van der Waals surface area contributed by atoms with Crippen molar-refractivity contribution >= 4 is 17.7 Å². The molecule has 0 spiro atoms. The van der Waals surface area contributed by atoms with Crippen molar-refractivity contribution in [3.05, 3.63) is 0 Å². The second-order valence-electron chi connectivity index (χ2n) is 8.30. The SMILES string of the molecule is CNC(=O)[C@H](C1CCCCC1)N1CC[C@](CC(=O)NO)(CC(C)C)C1=O. The average molecular weight is 367 g/mol. The molecule has 148 valence electrons. The van der Waals surface area contributed by atoms with Gasteiger partial charge in [-0.05, 0) is 37.5 Å². The lowest BCUT2D eigenvalue weighted by Gasteiger charge is -2.37. The zero-order chi connectivity index (χ0) is 19.3. The molecule has 1 saturated heterocycles. The highest BCUT2D eigenvalue weighted by Gasteiger charge is 2.52. The van der Waals surface area contributed by atoms with Crippen molar-refractivity contribution in [3.63, 3.8) is 0 Å². The maximum atomic E-state index is 13.4. The van der Waals surface area contributed by atoms with Crippen LogP contribution in [0.4, 0.5) is 0 Å². The number of likely N-dealkylation sites (N-methyl/N-ethyl adjacent to an activating group) is 1. The van der Waals surface area contributed by atoms with Gasteiger partial charge in [-0.3, -0.25) is 19.6 Å². The fourth-order valence-electron chi connectivity index (χ4n) is 4.87. The van der Waals surface area contributed by atoms with E-state index in [1.54, 1.807) is 17.4 Å². The van der Waals surface area contributed by atoms with Crippen molar-refractivity contribution in [2.75, 3.05) is 13.6 Å². The molecule has 7 nitrogen and oxygen atoms in total. The highest BCUT2D eigenvalue weighted by Crippen LogP contribution is 2.43. The van der Waals surface area contributed by atoms with Crippen LogP contribution in [-0.4, -0.2) is 47.5 Å². The molecule has 3 amide bonds. The lowest BCUT2D eigenvalue weighted by molar-refractivity contribution is -0.148. The van der Waals surface area contributed by atoms with Crippen LogP contribution in [0.5, 0.6) is 0 Å². The Bertz CT molecular complexity index is 531. The van der Waals surface area contributed by atoms with E-state index in [-0.39, 0.29) is 30.1 Å². The Balaban J connectivity index is 2.28. The molecule has 3 N–H and O–H groups in total. The summed E-state index contributed by atoms with van der Waals surface area (Å²) in [5.41, 5.74) is 0.831. The third-order valence-corrected chi connectivity index (χ3v) is 5.92. The third kappa shape index (κ3) is 4.37. The Morgan fingerprint density at radius 1 is 1.27 bits per heavy atom. The molecular weight excluding hydrogens is 334 g/mol. The lowest BCUT2D eigenvalue weighted by Crippen LogP contribution is -2.53. The standard InChI is InChI=1S/C19H33N3O4/c1-13(2)11-19(12-15(23)21-26)9-10-22(18(19)25)16(17(24)20-3)14-7-5-4-6-8-14/h13-14,16,26H,4-12H2,1-3H3,(H,20,24)(H,21,23)/t16-,19+/m0/s1. The van der Waals surface area contributed by atoms with Crippen LogP contribution in [0, 0.1) is 17.3 Å². The van der Waals surface area contributed by atoms with E-state index < -0.39 is 17.4 Å². The minimum absolute atomic E-state index is 0.0395. The molecule has 26 heavy (non-hydrogen) atoms. The predicted octanol–water partition coefficient (Wildman–Crippen LogP) is 1.84. The summed E-state index contributed by atoms with van der Waals surface area (Å²) in [6.07, 6.45) is 6.33. The number of likely N-dealkylation sites (tertiary alicyclic amines) is 1. The molecule has 1 aliphatic heterocycles. The highest BCUT2D eigenvalue weighted by atomic mass is 16.5. The molecule has 2 aliphatic rings. The monoisotopic (exact) mass is 367 g/mol. The molecule has 0 aromatic rings. The average Bonchev–Trinajstić information content (AvgIpc) is 2.92. The fraction of sp³-hybridized carbons (Fsp3) is 0.842. The van der Waals surface area contributed by atoms with Gasteiger partial charge in [0.25, 0.3) is 0 Å². The van der Waals surface area contributed by atoms with Crippen LogP contribution < -0.4 is 10.8 Å². The van der Waals surface area contributed by atoms with Gasteiger partial charge in [0.15, 0.2) is 0 Å². The number of hydrogen-bond donors (Lipinski definition) is 3. The summed E-state index contributed by atoms with van der Waals surface area (Å²) in [5, 5.41) is 11.7. The summed E-state index contributed by atoms with van der Waals surface area (Å²) in [6, 6.07) is -0.459. The smallest absolute Gasteiger partial charge is 0.244 e. The molecule has 7 heteroatoms. The summed E-state index contributed by atoms with van der Waals surface area (Å²) >= 11 is 0. The Morgan fingerprint density at radius 2 is 1.92 bits per heavy atom. The Kier molecular flexibility index (Phi) is 7.03. The van der Waals surface area contributed by atoms with Gasteiger partial charge < -0.3 is 10.2 Å². The van der Waals surface area contributed by atoms with Gasteiger partial charge in [-0.2, -0.15) is 0 Å². The van der Waals surface area contributed by atoms with Crippen LogP contribution in [0.25, 0.3) is 0 Å². The van der Waals surface area contributed by atoms with Crippen molar-refractivity contribution in [2.24, 2.45) is 17.3 Å². The Morgan fingerprint density at radius 3 is 2.46 bits per heavy atom. The lowest BCUT2D eigenvalue weighted by atomic mass is 9.75. The first kappa shape index (κ1) is 20.7. The molecule has 0 unspecified atom stereocenters. The Hall–Kier alpha value is -1.63. The van der Waals surface area contributed by atoms with Crippen molar-refractivity contribution < 1.29 is 19.6 Å². The first-order chi connectivity index (χ1) is 12.3. The number of nitrogens with zero attached hydrogens (tertiary/aromatic N) is 1. The van der Waals surface area contributed by atoms with E-state index in [0.29, 0.717) is 19.4 Å². The summed E-state index contributed by atoms with van der Waals surface area (Å²) in [6.45, 7) is 4.52. The number of carbonyl (C=O) groups excluding carboxylic acids is 3. The van der Waals surface area contributed by atoms with Crippen molar-refractivity contribution in [1.82, 2.24) is 15.7 Å². The van der Waals surface area contributed by atoms with Crippen LogP contribution in [0.2, 0.25) is 0 Å². The molecule has 0 radical (unpaired) electrons. The first-order valence-corrected chi connectivity index (χ1v) is 9.80. The molecule has 2 rings (SSSR count). The summed E-state index contributed by atoms with van der Waals surface area (Å²) in [4.78, 5) is 39.6. The normalized spacial score (nSPS) is 25.4.